The van der Waals surface area contributed by atoms with E-state index in [9.17, 15) is 13.2 Å². The Labute approximate surface area is 143 Å². The molecule has 1 saturated heterocycles. The van der Waals surface area contributed by atoms with Gasteiger partial charge in [-0.15, -0.1) is 0 Å². The Morgan fingerprint density at radius 2 is 1.88 bits per heavy atom. The molecule has 1 aromatic rings. The highest BCUT2D eigenvalue weighted by Gasteiger charge is 2.29. The van der Waals surface area contributed by atoms with E-state index in [4.69, 9.17) is 4.74 Å². The third-order valence-corrected chi connectivity index (χ3v) is 6.06. The van der Waals surface area contributed by atoms with E-state index in [1.807, 2.05) is 0 Å². The van der Waals surface area contributed by atoms with Crippen molar-refractivity contribution < 1.29 is 17.9 Å². The molecule has 1 fully saturated rings. The van der Waals surface area contributed by atoms with E-state index in [2.05, 4.69) is 17.1 Å². The van der Waals surface area contributed by atoms with Crippen molar-refractivity contribution in [2.24, 2.45) is 0 Å². The monoisotopic (exact) mass is 355 g/mol. The SMILES string of the molecule is CCNC(=O)c1cc(S(=O)(=O)N2CCN(CC)CC2)ccc1OC. The highest BCUT2D eigenvalue weighted by molar-refractivity contribution is 7.89. The van der Waals surface area contributed by atoms with Crippen LogP contribution in [0.4, 0.5) is 0 Å². The first kappa shape index (κ1) is 18.7. The van der Waals surface area contributed by atoms with Crippen molar-refractivity contribution in [1.29, 1.82) is 0 Å². The van der Waals surface area contributed by atoms with Crippen LogP contribution in [0.3, 0.4) is 0 Å². The average Bonchev–Trinajstić information content (AvgIpc) is 2.61. The number of carbonyl (C=O) groups is 1. The van der Waals surface area contributed by atoms with Crippen molar-refractivity contribution in [2.45, 2.75) is 18.7 Å². The van der Waals surface area contributed by atoms with Crippen LogP contribution in [0.25, 0.3) is 0 Å². The fourth-order valence-electron chi connectivity index (χ4n) is 2.72. The smallest absolute Gasteiger partial charge is 0.255 e. The van der Waals surface area contributed by atoms with Gasteiger partial charge >= 0.3 is 0 Å². The largest absolute Gasteiger partial charge is 0.496 e. The Bertz CT molecular complexity index is 683. The van der Waals surface area contributed by atoms with Crippen molar-refractivity contribution in [3.63, 3.8) is 0 Å². The molecule has 0 aromatic heterocycles. The highest BCUT2D eigenvalue weighted by Crippen LogP contribution is 2.25. The van der Waals surface area contributed by atoms with Crippen molar-refractivity contribution in [3.8, 4) is 5.75 Å². The van der Waals surface area contributed by atoms with E-state index >= 15 is 0 Å². The van der Waals surface area contributed by atoms with Gasteiger partial charge in [-0.25, -0.2) is 8.42 Å². The molecule has 0 aliphatic carbocycles. The zero-order chi connectivity index (χ0) is 17.7. The maximum Gasteiger partial charge on any atom is 0.255 e. The predicted molar refractivity (Wildman–Crippen MR) is 91.9 cm³/mol. The number of nitrogens with one attached hydrogen (secondary N) is 1. The molecule has 8 heteroatoms. The molecular formula is C16H25N3O4S. The van der Waals surface area contributed by atoms with Gasteiger partial charge in [-0.3, -0.25) is 4.79 Å². The predicted octanol–water partition coefficient (Wildman–Crippen LogP) is 0.771. The van der Waals surface area contributed by atoms with Gasteiger partial charge in [0.2, 0.25) is 10.0 Å². The van der Waals surface area contributed by atoms with Crippen LogP contribution >= 0.6 is 0 Å². The first-order valence-corrected chi connectivity index (χ1v) is 9.56. The van der Waals surface area contributed by atoms with Gasteiger partial charge in [-0.2, -0.15) is 4.31 Å². The van der Waals surface area contributed by atoms with E-state index < -0.39 is 10.0 Å². The van der Waals surface area contributed by atoms with E-state index in [0.717, 1.165) is 19.6 Å². The van der Waals surface area contributed by atoms with Crippen LogP contribution in [0.1, 0.15) is 24.2 Å². The van der Waals surface area contributed by atoms with Crippen molar-refractivity contribution in [3.05, 3.63) is 23.8 Å². The molecule has 24 heavy (non-hydrogen) atoms. The lowest BCUT2D eigenvalue weighted by molar-refractivity contribution is 0.0952. The van der Waals surface area contributed by atoms with Crippen molar-refractivity contribution in [2.75, 3.05) is 46.4 Å². The fraction of sp³-hybridized carbons (Fsp3) is 0.562. The maximum absolute atomic E-state index is 12.8. The summed E-state index contributed by atoms with van der Waals surface area (Å²) in [5.74, 6) is 0.0119. The Morgan fingerprint density at radius 1 is 1.21 bits per heavy atom. The van der Waals surface area contributed by atoms with Gasteiger partial charge in [-0.1, -0.05) is 6.92 Å². The second-order valence-corrected chi connectivity index (χ2v) is 7.50. The normalized spacial score (nSPS) is 16.8. The summed E-state index contributed by atoms with van der Waals surface area (Å²) in [6.45, 7) is 7.58. The number of sulfonamides is 1. The Morgan fingerprint density at radius 3 is 2.42 bits per heavy atom. The quantitative estimate of drug-likeness (QED) is 0.815. The third kappa shape index (κ3) is 3.88. The van der Waals surface area contributed by atoms with Crippen LogP contribution in [-0.2, 0) is 10.0 Å². The first-order chi connectivity index (χ1) is 11.4. The number of ether oxygens (including phenoxy) is 1. The summed E-state index contributed by atoms with van der Waals surface area (Å²) in [6.07, 6.45) is 0. The molecule has 1 aliphatic heterocycles. The van der Waals surface area contributed by atoms with E-state index in [1.54, 1.807) is 6.92 Å². The summed E-state index contributed by atoms with van der Waals surface area (Å²) in [7, 11) is -2.16. The number of likely N-dealkylation sites (N-methyl/N-ethyl adjacent to an activating group) is 1. The summed E-state index contributed by atoms with van der Waals surface area (Å²) >= 11 is 0. The Kier molecular flexibility index (Phi) is 6.20. The van der Waals surface area contributed by atoms with Crippen LogP contribution in [0.15, 0.2) is 23.1 Å². The number of carbonyl (C=O) groups excluding carboxylic acids is 1. The summed E-state index contributed by atoms with van der Waals surface area (Å²) in [6, 6.07) is 4.41. The van der Waals surface area contributed by atoms with E-state index in [1.165, 1.54) is 29.6 Å². The lowest BCUT2D eigenvalue weighted by atomic mass is 10.2. The van der Waals surface area contributed by atoms with Gasteiger partial charge in [0.25, 0.3) is 5.91 Å². The summed E-state index contributed by atoms with van der Waals surface area (Å²) in [4.78, 5) is 14.5. The summed E-state index contributed by atoms with van der Waals surface area (Å²) in [5.41, 5.74) is 0.229. The van der Waals surface area contributed by atoms with Gasteiger partial charge in [0.15, 0.2) is 0 Å². The van der Waals surface area contributed by atoms with Crippen LogP contribution in [0.2, 0.25) is 0 Å². The first-order valence-electron chi connectivity index (χ1n) is 8.12. The van der Waals surface area contributed by atoms with Crippen molar-refractivity contribution in [1.82, 2.24) is 14.5 Å². The molecule has 2 rings (SSSR count). The number of nitrogens with zero attached hydrogens (tertiary/aromatic N) is 2. The topological polar surface area (TPSA) is 79.0 Å². The average molecular weight is 355 g/mol. The molecule has 134 valence electrons. The standard InChI is InChI=1S/C16H25N3O4S/c1-4-17-16(20)14-12-13(6-7-15(14)23-3)24(21,22)19-10-8-18(5-2)9-11-19/h6-7,12H,4-5,8-11H2,1-3H3,(H,17,20). The van der Waals surface area contributed by atoms with E-state index in [-0.39, 0.29) is 16.4 Å². The molecule has 0 bridgehead atoms. The van der Waals surface area contributed by atoms with Crippen LogP contribution in [-0.4, -0.2) is 69.9 Å². The molecule has 1 amide bonds. The van der Waals surface area contributed by atoms with Crippen LogP contribution < -0.4 is 10.1 Å². The number of rotatable bonds is 6. The zero-order valence-electron chi connectivity index (χ0n) is 14.4. The molecule has 0 atom stereocenters. The summed E-state index contributed by atoms with van der Waals surface area (Å²) in [5, 5.41) is 2.67. The minimum atomic E-state index is -3.62. The van der Waals surface area contributed by atoms with Crippen molar-refractivity contribution >= 4 is 15.9 Å². The molecular weight excluding hydrogens is 330 g/mol. The molecule has 1 heterocycles. The Hall–Kier alpha value is -1.64. The fourth-order valence-corrected chi connectivity index (χ4v) is 4.16. The lowest BCUT2D eigenvalue weighted by Crippen LogP contribution is -2.48. The minimum Gasteiger partial charge on any atom is -0.496 e. The third-order valence-electron chi connectivity index (χ3n) is 4.17. The molecule has 1 N–H and O–H groups in total. The molecule has 0 radical (unpaired) electrons. The number of hydrogen-bond donors (Lipinski definition) is 1. The van der Waals surface area contributed by atoms with Gasteiger partial charge in [-0.05, 0) is 31.7 Å². The second kappa shape index (κ2) is 7.96. The number of piperazine rings is 1. The summed E-state index contributed by atoms with van der Waals surface area (Å²) < 4.78 is 32.4. The molecule has 0 saturated carbocycles. The van der Waals surface area contributed by atoms with Gasteiger partial charge in [0.05, 0.1) is 17.6 Å². The highest BCUT2D eigenvalue weighted by atomic mass is 32.2. The molecule has 0 spiro atoms. The van der Waals surface area contributed by atoms with Gasteiger partial charge in [0, 0.05) is 32.7 Å². The number of benzene rings is 1. The Balaban J connectivity index is 2.30. The minimum absolute atomic E-state index is 0.120. The number of methoxy groups -OCH3 is 1. The zero-order valence-corrected chi connectivity index (χ0v) is 15.2. The van der Waals surface area contributed by atoms with Crippen LogP contribution in [0, 0.1) is 0 Å². The van der Waals surface area contributed by atoms with Crippen LogP contribution in [0.5, 0.6) is 5.75 Å². The van der Waals surface area contributed by atoms with Gasteiger partial charge in [0.1, 0.15) is 5.75 Å². The van der Waals surface area contributed by atoms with E-state index in [0.29, 0.717) is 25.4 Å². The second-order valence-electron chi connectivity index (χ2n) is 5.56. The number of hydrogen-bond acceptors (Lipinski definition) is 5. The van der Waals surface area contributed by atoms with Gasteiger partial charge < -0.3 is 15.0 Å². The molecule has 0 unspecified atom stereocenters. The lowest BCUT2D eigenvalue weighted by Gasteiger charge is -2.33. The molecule has 1 aromatic carbocycles. The molecule has 7 nitrogen and oxygen atoms in total. The molecule has 1 aliphatic rings. The maximum atomic E-state index is 12.8. The number of amides is 1.